The van der Waals surface area contributed by atoms with Crippen LogP contribution in [0.5, 0.6) is 0 Å². The predicted octanol–water partition coefficient (Wildman–Crippen LogP) is 2.22. The van der Waals surface area contributed by atoms with E-state index in [-0.39, 0.29) is 0 Å². The number of alkyl halides is 3. The van der Waals surface area contributed by atoms with Crippen molar-refractivity contribution >= 4 is 5.69 Å². The number of hydrogen-bond acceptors (Lipinski definition) is 1. The highest BCUT2D eigenvalue weighted by molar-refractivity contribution is 5.49. The first-order valence-corrected chi connectivity index (χ1v) is 5.58. The maximum atomic E-state index is 12.3. The Bertz CT molecular complexity index is 370. The first-order valence-electron chi connectivity index (χ1n) is 5.58. The molecule has 0 bridgehead atoms. The summed E-state index contributed by atoms with van der Waals surface area (Å²) in [6, 6.07) is 6.68. The highest BCUT2D eigenvalue weighted by Gasteiger charge is 2.27. The molecule has 1 aromatic rings. The maximum Gasteiger partial charge on any atom is 0.393 e. The molecule has 1 saturated heterocycles. The second kappa shape index (κ2) is 4.96. The Morgan fingerprint density at radius 1 is 1.18 bits per heavy atom. The third-order valence-electron chi connectivity index (χ3n) is 2.74. The molecule has 1 aliphatic rings. The van der Waals surface area contributed by atoms with E-state index in [1.807, 2.05) is 6.07 Å². The Morgan fingerprint density at radius 3 is 2.53 bits per heavy atom. The van der Waals surface area contributed by atoms with Gasteiger partial charge in [-0.05, 0) is 17.7 Å². The molecule has 5 heteroatoms. The van der Waals surface area contributed by atoms with Crippen molar-refractivity contribution in [3.8, 4) is 0 Å². The number of halogens is 3. The Hall–Kier alpha value is -1.23. The molecule has 1 radical (unpaired) electrons. The maximum absolute atomic E-state index is 12.3. The van der Waals surface area contributed by atoms with Gasteiger partial charge in [0.25, 0.3) is 0 Å². The summed E-state index contributed by atoms with van der Waals surface area (Å²) in [5.41, 5.74) is 1.18. The summed E-state index contributed by atoms with van der Waals surface area (Å²) in [5, 5.41) is 4.21. The fourth-order valence-corrected chi connectivity index (χ4v) is 1.96. The zero-order valence-corrected chi connectivity index (χ0v) is 9.37. The van der Waals surface area contributed by atoms with E-state index in [1.54, 1.807) is 12.1 Å². The highest BCUT2D eigenvalue weighted by atomic mass is 19.4. The first-order chi connectivity index (χ1) is 8.04. The van der Waals surface area contributed by atoms with Crippen molar-refractivity contribution in [3.05, 3.63) is 29.8 Å². The summed E-state index contributed by atoms with van der Waals surface area (Å²) in [6.45, 7) is 3.08. The SMILES string of the molecule is FC(F)(F)Cc1cccc(N2CC[N]CC2)c1. The molecule has 93 valence electrons. The van der Waals surface area contributed by atoms with E-state index in [9.17, 15) is 13.2 Å². The van der Waals surface area contributed by atoms with E-state index in [4.69, 9.17) is 0 Å². The summed E-state index contributed by atoms with van der Waals surface area (Å²) in [4.78, 5) is 2.08. The van der Waals surface area contributed by atoms with Crippen molar-refractivity contribution < 1.29 is 13.2 Å². The van der Waals surface area contributed by atoms with Gasteiger partial charge in [0.05, 0.1) is 6.42 Å². The van der Waals surface area contributed by atoms with Crippen LogP contribution in [0.3, 0.4) is 0 Å². The van der Waals surface area contributed by atoms with E-state index >= 15 is 0 Å². The fraction of sp³-hybridized carbons (Fsp3) is 0.500. The van der Waals surface area contributed by atoms with Gasteiger partial charge in [-0.1, -0.05) is 12.1 Å². The summed E-state index contributed by atoms with van der Waals surface area (Å²) in [5.74, 6) is 0. The lowest BCUT2D eigenvalue weighted by atomic mass is 10.1. The van der Waals surface area contributed by atoms with Crippen LogP contribution < -0.4 is 10.2 Å². The minimum Gasteiger partial charge on any atom is -0.369 e. The highest BCUT2D eigenvalue weighted by Crippen LogP contribution is 2.24. The molecule has 0 aliphatic carbocycles. The van der Waals surface area contributed by atoms with Crippen LogP contribution >= 0.6 is 0 Å². The molecule has 2 nitrogen and oxygen atoms in total. The second-order valence-corrected chi connectivity index (χ2v) is 4.12. The smallest absolute Gasteiger partial charge is 0.369 e. The normalized spacial score (nSPS) is 17.2. The van der Waals surface area contributed by atoms with Gasteiger partial charge in [-0.15, -0.1) is 0 Å². The lowest BCUT2D eigenvalue weighted by molar-refractivity contribution is -0.127. The summed E-state index contributed by atoms with van der Waals surface area (Å²) >= 11 is 0. The quantitative estimate of drug-likeness (QED) is 0.778. The van der Waals surface area contributed by atoms with Gasteiger partial charge in [0.15, 0.2) is 0 Å². The van der Waals surface area contributed by atoms with Gasteiger partial charge in [-0.2, -0.15) is 13.2 Å². The van der Waals surface area contributed by atoms with E-state index in [1.165, 1.54) is 6.07 Å². The summed E-state index contributed by atoms with van der Waals surface area (Å²) < 4.78 is 36.9. The number of benzene rings is 1. The van der Waals surface area contributed by atoms with Gasteiger partial charge in [0.2, 0.25) is 0 Å². The van der Waals surface area contributed by atoms with E-state index in [2.05, 4.69) is 10.2 Å². The number of nitrogens with zero attached hydrogens (tertiary/aromatic N) is 2. The first kappa shape index (κ1) is 12.2. The van der Waals surface area contributed by atoms with Crippen LogP contribution in [0.1, 0.15) is 5.56 Å². The van der Waals surface area contributed by atoms with E-state index < -0.39 is 12.6 Å². The zero-order valence-electron chi connectivity index (χ0n) is 9.37. The monoisotopic (exact) mass is 243 g/mol. The van der Waals surface area contributed by atoms with Crippen LogP contribution in [0.25, 0.3) is 0 Å². The molecule has 17 heavy (non-hydrogen) atoms. The molecule has 0 N–H and O–H groups in total. The summed E-state index contributed by atoms with van der Waals surface area (Å²) in [6.07, 6.45) is -5.01. The molecular weight excluding hydrogens is 229 g/mol. The molecule has 1 aromatic carbocycles. The van der Waals surface area contributed by atoms with Crippen molar-refractivity contribution in [2.45, 2.75) is 12.6 Å². The molecule has 0 amide bonds. The average Bonchev–Trinajstić information content (AvgIpc) is 2.28. The van der Waals surface area contributed by atoms with Crippen molar-refractivity contribution in [1.29, 1.82) is 0 Å². The molecule has 1 fully saturated rings. The number of hydrogen-bond donors (Lipinski definition) is 0. The van der Waals surface area contributed by atoms with Gasteiger partial charge < -0.3 is 4.90 Å². The lowest BCUT2D eigenvalue weighted by Gasteiger charge is -2.29. The third kappa shape index (κ3) is 3.63. The van der Waals surface area contributed by atoms with Gasteiger partial charge in [0, 0.05) is 31.9 Å². The molecule has 0 atom stereocenters. The Balaban J connectivity index is 2.10. The number of anilines is 1. The summed E-state index contributed by atoms with van der Waals surface area (Å²) in [7, 11) is 0. The van der Waals surface area contributed by atoms with Gasteiger partial charge in [-0.3, -0.25) is 0 Å². The molecule has 1 heterocycles. The van der Waals surface area contributed by atoms with Gasteiger partial charge in [-0.25, -0.2) is 5.32 Å². The predicted molar refractivity (Wildman–Crippen MR) is 60.3 cm³/mol. The standard InChI is InChI=1S/C12H14F3N2/c13-12(14,15)9-10-2-1-3-11(8-10)17-6-4-16-5-7-17/h1-3,8H,4-7,9H2. The van der Waals surface area contributed by atoms with Crippen molar-refractivity contribution in [3.63, 3.8) is 0 Å². The number of piperazine rings is 1. The topological polar surface area (TPSA) is 17.3 Å². The minimum atomic E-state index is -4.14. The molecule has 2 rings (SSSR count). The molecule has 0 spiro atoms. The molecule has 1 aliphatic heterocycles. The van der Waals surface area contributed by atoms with E-state index in [0.29, 0.717) is 5.56 Å². The van der Waals surface area contributed by atoms with Gasteiger partial charge >= 0.3 is 6.18 Å². The third-order valence-corrected chi connectivity index (χ3v) is 2.74. The van der Waals surface area contributed by atoms with Crippen LogP contribution in [-0.4, -0.2) is 32.4 Å². The van der Waals surface area contributed by atoms with Crippen molar-refractivity contribution in [1.82, 2.24) is 5.32 Å². The molecule has 0 saturated carbocycles. The van der Waals surface area contributed by atoms with Crippen LogP contribution in [0.2, 0.25) is 0 Å². The van der Waals surface area contributed by atoms with Crippen molar-refractivity contribution in [2.24, 2.45) is 0 Å². The Labute approximate surface area is 98.4 Å². The van der Waals surface area contributed by atoms with Crippen LogP contribution in [-0.2, 0) is 6.42 Å². The Kier molecular flexibility index (Phi) is 3.57. The fourth-order valence-electron chi connectivity index (χ4n) is 1.96. The zero-order chi connectivity index (χ0) is 12.3. The molecular formula is C12H14F3N2. The minimum absolute atomic E-state index is 0.317. The Morgan fingerprint density at radius 2 is 1.88 bits per heavy atom. The van der Waals surface area contributed by atoms with Crippen LogP contribution in [0.15, 0.2) is 24.3 Å². The average molecular weight is 243 g/mol. The van der Waals surface area contributed by atoms with E-state index in [0.717, 1.165) is 31.9 Å². The molecule has 0 unspecified atom stereocenters. The van der Waals surface area contributed by atoms with Crippen LogP contribution in [0.4, 0.5) is 18.9 Å². The second-order valence-electron chi connectivity index (χ2n) is 4.12. The lowest BCUT2D eigenvalue weighted by Crippen LogP contribution is -2.40. The number of rotatable bonds is 2. The molecule has 0 aromatic heterocycles. The van der Waals surface area contributed by atoms with Crippen LogP contribution in [0, 0.1) is 0 Å². The van der Waals surface area contributed by atoms with Gasteiger partial charge in [0.1, 0.15) is 0 Å². The largest absolute Gasteiger partial charge is 0.393 e. The van der Waals surface area contributed by atoms with Crippen molar-refractivity contribution in [2.75, 3.05) is 31.1 Å².